The van der Waals surface area contributed by atoms with Gasteiger partial charge in [-0.25, -0.2) is 0 Å². The summed E-state index contributed by atoms with van der Waals surface area (Å²) in [5, 5.41) is 7.99. The molecule has 0 bridgehead atoms. The number of nitrogens with zero attached hydrogens (tertiary/aromatic N) is 3. The summed E-state index contributed by atoms with van der Waals surface area (Å²) < 4.78 is 6.68. The van der Waals surface area contributed by atoms with Crippen molar-refractivity contribution in [1.82, 2.24) is 20.0 Å². The second kappa shape index (κ2) is 7.94. The fraction of sp³-hybridized carbons (Fsp3) is 0.733. The second-order valence-electron chi connectivity index (χ2n) is 5.74. The van der Waals surface area contributed by atoms with Crippen LogP contribution in [0.5, 0.6) is 0 Å². The van der Waals surface area contributed by atoms with Gasteiger partial charge in [0.2, 0.25) is 5.91 Å². The summed E-state index contributed by atoms with van der Waals surface area (Å²) in [5.74, 6) is 0.0562. The first-order valence-electron chi connectivity index (χ1n) is 7.73. The molecule has 22 heavy (non-hydrogen) atoms. The lowest BCUT2D eigenvalue weighted by Crippen LogP contribution is -2.37. The summed E-state index contributed by atoms with van der Waals surface area (Å²) in [6.45, 7) is 4.61. The highest BCUT2D eigenvalue weighted by atomic mass is 35.5. The van der Waals surface area contributed by atoms with Gasteiger partial charge < -0.3 is 10.1 Å². The maximum Gasteiger partial charge on any atom is 0.234 e. The lowest BCUT2D eigenvalue weighted by atomic mass is 10.1. The predicted octanol–water partition coefficient (Wildman–Crippen LogP) is 1.67. The van der Waals surface area contributed by atoms with Crippen LogP contribution in [0.4, 0.5) is 0 Å². The van der Waals surface area contributed by atoms with Crippen LogP contribution < -0.4 is 5.32 Å². The van der Waals surface area contributed by atoms with Crippen molar-refractivity contribution in [2.75, 3.05) is 33.4 Å². The molecular formula is C15H25ClN4O2. The number of likely N-dealkylation sites (tertiary alicyclic amines) is 1. The number of hydrogen-bond donors (Lipinski definition) is 1. The highest BCUT2D eigenvalue weighted by Gasteiger charge is 2.31. The van der Waals surface area contributed by atoms with Crippen LogP contribution in [0, 0.1) is 6.92 Å². The molecule has 7 heteroatoms. The maximum atomic E-state index is 12.1. The summed E-state index contributed by atoms with van der Waals surface area (Å²) in [6.07, 6.45) is 2.93. The first-order valence-corrected chi connectivity index (χ1v) is 8.11. The average molecular weight is 329 g/mol. The van der Waals surface area contributed by atoms with E-state index in [2.05, 4.69) is 15.3 Å². The molecule has 0 spiro atoms. The Morgan fingerprint density at radius 3 is 2.95 bits per heavy atom. The van der Waals surface area contributed by atoms with Gasteiger partial charge in [-0.05, 0) is 32.7 Å². The lowest BCUT2D eigenvalue weighted by molar-refractivity contribution is -0.122. The summed E-state index contributed by atoms with van der Waals surface area (Å²) in [4.78, 5) is 14.3. The van der Waals surface area contributed by atoms with E-state index in [9.17, 15) is 4.79 Å². The van der Waals surface area contributed by atoms with Crippen LogP contribution >= 0.6 is 11.6 Å². The first kappa shape index (κ1) is 17.2. The molecule has 1 aliphatic rings. The summed E-state index contributed by atoms with van der Waals surface area (Å²) in [5.41, 5.74) is 2.01. The van der Waals surface area contributed by atoms with E-state index >= 15 is 0 Å². The molecule has 1 aliphatic heterocycles. The third kappa shape index (κ3) is 4.00. The number of hydrogen-bond acceptors (Lipinski definition) is 4. The van der Waals surface area contributed by atoms with E-state index in [1.165, 1.54) is 0 Å². The van der Waals surface area contributed by atoms with Crippen LogP contribution in [-0.4, -0.2) is 53.9 Å². The Morgan fingerprint density at radius 1 is 1.55 bits per heavy atom. The van der Waals surface area contributed by atoms with Gasteiger partial charge in [0.05, 0.1) is 12.2 Å². The Labute approximate surface area is 136 Å². The number of halogens is 1. The van der Waals surface area contributed by atoms with E-state index in [-0.39, 0.29) is 11.9 Å². The third-order valence-corrected chi connectivity index (χ3v) is 4.54. The smallest absolute Gasteiger partial charge is 0.234 e. The summed E-state index contributed by atoms with van der Waals surface area (Å²) >= 11 is 6.37. The molecule has 2 heterocycles. The molecule has 1 saturated heterocycles. The van der Waals surface area contributed by atoms with E-state index in [0.29, 0.717) is 24.8 Å². The van der Waals surface area contributed by atoms with Crippen molar-refractivity contribution >= 4 is 17.5 Å². The van der Waals surface area contributed by atoms with Gasteiger partial charge in [0.15, 0.2) is 0 Å². The number of carbonyl (C=O) groups is 1. The van der Waals surface area contributed by atoms with Crippen LogP contribution in [-0.2, 0) is 16.6 Å². The molecule has 1 atom stereocenters. The molecule has 124 valence electrons. The minimum atomic E-state index is 0.0562. The summed E-state index contributed by atoms with van der Waals surface area (Å²) in [6, 6.07) is 0.186. The van der Waals surface area contributed by atoms with Crippen molar-refractivity contribution in [2.45, 2.75) is 32.2 Å². The number of aromatic nitrogens is 2. The van der Waals surface area contributed by atoms with Gasteiger partial charge >= 0.3 is 0 Å². The van der Waals surface area contributed by atoms with Gasteiger partial charge in [-0.3, -0.25) is 14.4 Å². The van der Waals surface area contributed by atoms with E-state index in [1.54, 1.807) is 11.8 Å². The number of methoxy groups -OCH3 is 1. The number of ether oxygens (including phenoxy) is 1. The van der Waals surface area contributed by atoms with Gasteiger partial charge in [-0.15, -0.1) is 0 Å². The van der Waals surface area contributed by atoms with Crippen molar-refractivity contribution in [2.24, 2.45) is 7.05 Å². The molecule has 0 aromatic carbocycles. The third-order valence-electron chi connectivity index (χ3n) is 4.09. The molecule has 1 unspecified atom stereocenters. The molecule has 2 rings (SSSR count). The molecular weight excluding hydrogens is 304 g/mol. The van der Waals surface area contributed by atoms with Gasteiger partial charge in [-0.2, -0.15) is 5.10 Å². The van der Waals surface area contributed by atoms with Gasteiger partial charge in [0, 0.05) is 38.9 Å². The molecule has 0 saturated carbocycles. The monoisotopic (exact) mass is 328 g/mol. The van der Waals surface area contributed by atoms with Crippen molar-refractivity contribution in [1.29, 1.82) is 0 Å². The molecule has 0 aliphatic carbocycles. The predicted molar refractivity (Wildman–Crippen MR) is 86.0 cm³/mol. The van der Waals surface area contributed by atoms with Crippen LogP contribution in [0.15, 0.2) is 0 Å². The van der Waals surface area contributed by atoms with E-state index in [0.717, 1.165) is 37.1 Å². The van der Waals surface area contributed by atoms with Gasteiger partial charge in [0.1, 0.15) is 5.15 Å². The molecule has 1 fully saturated rings. The quantitative estimate of drug-likeness (QED) is 0.774. The van der Waals surface area contributed by atoms with E-state index in [4.69, 9.17) is 16.3 Å². The Balaban J connectivity index is 1.95. The molecule has 1 amide bonds. The van der Waals surface area contributed by atoms with E-state index in [1.807, 2.05) is 14.0 Å². The number of amides is 1. The second-order valence-corrected chi connectivity index (χ2v) is 6.10. The molecule has 6 nitrogen and oxygen atoms in total. The van der Waals surface area contributed by atoms with Crippen LogP contribution in [0.3, 0.4) is 0 Å². The topological polar surface area (TPSA) is 59.4 Å². The zero-order chi connectivity index (χ0) is 16.1. The minimum absolute atomic E-state index is 0.0562. The Bertz CT molecular complexity index is 518. The van der Waals surface area contributed by atoms with Crippen molar-refractivity contribution in [3.8, 4) is 0 Å². The fourth-order valence-electron chi connectivity index (χ4n) is 3.05. The largest absolute Gasteiger partial charge is 0.385 e. The Morgan fingerprint density at radius 2 is 2.32 bits per heavy atom. The van der Waals surface area contributed by atoms with Gasteiger partial charge in [-0.1, -0.05) is 11.6 Å². The normalized spacial score (nSPS) is 18.8. The first-order chi connectivity index (χ1) is 10.5. The molecule has 0 radical (unpaired) electrons. The highest BCUT2D eigenvalue weighted by molar-refractivity contribution is 6.30. The Kier molecular flexibility index (Phi) is 6.23. The molecule has 1 aromatic rings. The zero-order valence-corrected chi connectivity index (χ0v) is 14.3. The minimum Gasteiger partial charge on any atom is -0.385 e. The Hall–Kier alpha value is -1.11. The zero-order valence-electron chi connectivity index (χ0n) is 13.6. The molecule has 1 N–H and O–H groups in total. The van der Waals surface area contributed by atoms with Gasteiger partial charge in [0.25, 0.3) is 0 Å². The fourth-order valence-corrected chi connectivity index (χ4v) is 3.35. The van der Waals surface area contributed by atoms with Crippen molar-refractivity contribution in [3.05, 3.63) is 16.4 Å². The lowest BCUT2D eigenvalue weighted by Gasteiger charge is -2.24. The average Bonchev–Trinajstić information content (AvgIpc) is 3.00. The SMILES string of the molecule is COCCCNC(=O)CN1CCCC1c1c(C)nn(C)c1Cl. The van der Waals surface area contributed by atoms with E-state index < -0.39 is 0 Å². The van der Waals surface area contributed by atoms with Crippen molar-refractivity contribution < 1.29 is 9.53 Å². The maximum absolute atomic E-state index is 12.1. The number of aryl methyl sites for hydroxylation is 2. The number of carbonyl (C=O) groups excluding carboxylic acids is 1. The standard InChI is InChI=1S/C15H25ClN4O2/c1-11-14(15(16)19(2)18-11)12-6-4-8-20(12)10-13(21)17-7-5-9-22-3/h12H,4-10H2,1-3H3,(H,17,21). The number of rotatable bonds is 7. The van der Waals surface area contributed by atoms with Crippen LogP contribution in [0.2, 0.25) is 5.15 Å². The molecule has 1 aromatic heterocycles. The van der Waals surface area contributed by atoms with Crippen LogP contribution in [0.1, 0.15) is 36.6 Å². The number of nitrogens with one attached hydrogen (secondary N) is 1. The highest BCUT2D eigenvalue weighted by Crippen LogP contribution is 2.37. The van der Waals surface area contributed by atoms with Crippen molar-refractivity contribution in [3.63, 3.8) is 0 Å². The summed E-state index contributed by atoms with van der Waals surface area (Å²) in [7, 11) is 3.51. The van der Waals surface area contributed by atoms with Crippen LogP contribution in [0.25, 0.3) is 0 Å².